The van der Waals surface area contributed by atoms with Crippen LogP contribution < -0.4 is 0 Å². The summed E-state index contributed by atoms with van der Waals surface area (Å²) < 4.78 is 0. The fourth-order valence-electron chi connectivity index (χ4n) is 2.25. The Bertz CT molecular complexity index is 644. The van der Waals surface area contributed by atoms with E-state index in [9.17, 15) is 0 Å². The second-order valence-electron chi connectivity index (χ2n) is 4.56. The topological polar surface area (TPSA) is 41.6 Å². The SMILES string of the molecule is CC(c1ccccc1)c1n[nH]nc1-c1ccccc1. The molecule has 3 aromatic rings. The predicted octanol–water partition coefficient (Wildman–Crippen LogP) is 3.62. The highest BCUT2D eigenvalue weighted by molar-refractivity contribution is 5.62. The minimum atomic E-state index is 0.218. The number of hydrogen-bond donors (Lipinski definition) is 1. The fraction of sp³-hybridized carbons (Fsp3) is 0.125. The van der Waals surface area contributed by atoms with Crippen LogP contribution in [0.25, 0.3) is 11.3 Å². The largest absolute Gasteiger partial charge is 0.197 e. The van der Waals surface area contributed by atoms with Gasteiger partial charge in [-0.2, -0.15) is 15.4 Å². The molecule has 3 nitrogen and oxygen atoms in total. The van der Waals surface area contributed by atoms with Crippen LogP contribution in [0.3, 0.4) is 0 Å². The van der Waals surface area contributed by atoms with E-state index in [4.69, 9.17) is 0 Å². The molecule has 0 spiro atoms. The van der Waals surface area contributed by atoms with Gasteiger partial charge in [-0.3, -0.25) is 0 Å². The Morgan fingerprint density at radius 1 is 0.842 bits per heavy atom. The number of H-pyrrole nitrogens is 1. The van der Waals surface area contributed by atoms with E-state index in [0.717, 1.165) is 17.0 Å². The number of hydrogen-bond acceptors (Lipinski definition) is 2. The molecule has 0 amide bonds. The molecule has 0 aliphatic rings. The van der Waals surface area contributed by atoms with Gasteiger partial charge in [0.25, 0.3) is 0 Å². The van der Waals surface area contributed by atoms with E-state index in [-0.39, 0.29) is 5.92 Å². The number of benzene rings is 2. The van der Waals surface area contributed by atoms with Crippen LogP contribution in [0.1, 0.15) is 24.1 Å². The van der Waals surface area contributed by atoms with Crippen LogP contribution in [0, 0.1) is 0 Å². The van der Waals surface area contributed by atoms with Gasteiger partial charge >= 0.3 is 0 Å². The van der Waals surface area contributed by atoms with Gasteiger partial charge in [0.15, 0.2) is 0 Å². The van der Waals surface area contributed by atoms with Crippen molar-refractivity contribution in [1.82, 2.24) is 15.4 Å². The number of nitrogens with one attached hydrogen (secondary N) is 1. The Balaban J connectivity index is 2.01. The third-order valence-electron chi connectivity index (χ3n) is 3.33. The molecular formula is C16H15N3. The van der Waals surface area contributed by atoms with Gasteiger partial charge in [-0.15, -0.1) is 0 Å². The maximum absolute atomic E-state index is 4.33. The molecular weight excluding hydrogens is 234 g/mol. The lowest BCUT2D eigenvalue weighted by Gasteiger charge is -2.10. The summed E-state index contributed by atoms with van der Waals surface area (Å²) in [5.41, 5.74) is 4.25. The van der Waals surface area contributed by atoms with E-state index < -0.39 is 0 Å². The summed E-state index contributed by atoms with van der Waals surface area (Å²) in [5.74, 6) is 0.218. The molecule has 94 valence electrons. The van der Waals surface area contributed by atoms with Crippen molar-refractivity contribution in [1.29, 1.82) is 0 Å². The first-order chi connectivity index (χ1) is 9.36. The molecule has 19 heavy (non-hydrogen) atoms. The van der Waals surface area contributed by atoms with Gasteiger partial charge in [0.05, 0.1) is 5.69 Å². The van der Waals surface area contributed by atoms with Gasteiger partial charge in [0.1, 0.15) is 5.69 Å². The third-order valence-corrected chi connectivity index (χ3v) is 3.33. The van der Waals surface area contributed by atoms with Crippen molar-refractivity contribution in [3.8, 4) is 11.3 Å². The second kappa shape index (κ2) is 5.06. The van der Waals surface area contributed by atoms with E-state index in [2.05, 4.69) is 46.6 Å². The molecule has 0 saturated heterocycles. The Labute approximate surface area is 112 Å². The molecule has 0 aliphatic heterocycles. The first kappa shape index (κ1) is 11.7. The maximum Gasteiger partial charge on any atom is 0.116 e. The minimum absolute atomic E-state index is 0.218. The first-order valence-electron chi connectivity index (χ1n) is 6.37. The van der Waals surface area contributed by atoms with E-state index in [1.54, 1.807) is 0 Å². The van der Waals surface area contributed by atoms with E-state index in [1.807, 2.05) is 36.4 Å². The number of nitrogens with zero attached hydrogens (tertiary/aromatic N) is 2. The smallest absolute Gasteiger partial charge is 0.116 e. The van der Waals surface area contributed by atoms with Gasteiger partial charge in [0.2, 0.25) is 0 Å². The summed E-state index contributed by atoms with van der Waals surface area (Å²) in [6, 6.07) is 20.5. The molecule has 1 N–H and O–H groups in total. The van der Waals surface area contributed by atoms with Crippen molar-refractivity contribution in [3.05, 3.63) is 71.9 Å². The van der Waals surface area contributed by atoms with Gasteiger partial charge in [-0.05, 0) is 5.56 Å². The Morgan fingerprint density at radius 3 is 2.16 bits per heavy atom. The zero-order chi connectivity index (χ0) is 13.1. The molecule has 3 rings (SSSR count). The van der Waals surface area contributed by atoms with Crippen LogP contribution >= 0.6 is 0 Å². The van der Waals surface area contributed by atoms with Crippen molar-refractivity contribution < 1.29 is 0 Å². The molecule has 1 heterocycles. The van der Waals surface area contributed by atoms with Crippen molar-refractivity contribution in [3.63, 3.8) is 0 Å². The molecule has 0 saturated carbocycles. The van der Waals surface area contributed by atoms with Crippen molar-refractivity contribution in [2.45, 2.75) is 12.8 Å². The summed E-state index contributed by atoms with van der Waals surface area (Å²) in [6.07, 6.45) is 0. The summed E-state index contributed by atoms with van der Waals surface area (Å²) in [4.78, 5) is 0. The fourth-order valence-corrected chi connectivity index (χ4v) is 2.25. The molecule has 0 fully saturated rings. The number of rotatable bonds is 3. The highest BCUT2D eigenvalue weighted by Crippen LogP contribution is 2.29. The molecule has 3 heteroatoms. The lowest BCUT2D eigenvalue weighted by Crippen LogP contribution is -1.98. The van der Waals surface area contributed by atoms with Crippen LogP contribution in [0.4, 0.5) is 0 Å². The van der Waals surface area contributed by atoms with E-state index in [0.29, 0.717) is 0 Å². The highest BCUT2D eigenvalue weighted by Gasteiger charge is 2.17. The third kappa shape index (κ3) is 2.27. The van der Waals surface area contributed by atoms with Crippen LogP contribution in [0.5, 0.6) is 0 Å². The Morgan fingerprint density at radius 2 is 1.47 bits per heavy atom. The molecule has 0 aliphatic carbocycles. The lowest BCUT2D eigenvalue weighted by molar-refractivity contribution is 0.841. The molecule has 1 atom stereocenters. The minimum Gasteiger partial charge on any atom is -0.197 e. The molecule has 1 unspecified atom stereocenters. The summed E-state index contributed by atoms with van der Waals surface area (Å²) in [7, 11) is 0. The van der Waals surface area contributed by atoms with E-state index in [1.165, 1.54) is 5.56 Å². The average molecular weight is 249 g/mol. The quantitative estimate of drug-likeness (QED) is 0.770. The first-order valence-corrected chi connectivity index (χ1v) is 6.37. The maximum atomic E-state index is 4.33. The molecule has 0 bridgehead atoms. The second-order valence-corrected chi connectivity index (χ2v) is 4.56. The van der Waals surface area contributed by atoms with Crippen LogP contribution in [0.15, 0.2) is 60.7 Å². The van der Waals surface area contributed by atoms with E-state index >= 15 is 0 Å². The normalized spacial score (nSPS) is 12.3. The number of aromatic nitrogens is 3. The van der Waals surface area contributed by atoms with Gasteiger partial charge in [-0.1, -0.05) is 67.6 Å². The monoisotopic (exact) mass is 249 g/mol. The molecule has 2 aromatic carbocycles. The summed E-state index contributed by atoms with van der Waals surface area (Å²) in [5, 5.41) is 11.4. The summed E-state index contributed by atoms with van der Waals surface area (Å²) in [6.45, 7) is 2.15. The Hall–Kier alpha value is -2.42. The van der Waals surface area contributed by atoms with Gasteiger partial charge in [-0.25, -0.2) is 0 Å². The van der Waals surface area contributed by atoms with Crippen LogP contribution in [-0.2, 0) is 0 Å². The molecule has 0 radical (unpaired) electrons. The zero-order valence-electron chi connectivity index (χ0n) is 10.7. The average Bonchev–Trinajstić information content (AvgIpc) is 2.98. The van der Waals surface area contributed by atoms with Crippen molar-refractivity contribution in [2.24, 2.45) is 0 Å². The van der Waals surface area contributed by atoms with Crippen molar-refractivity contribution >= 4 is 0 Å². The highest BCUT2D eigenvalue weighted by atomic mass is 15.3. The van der Waals surface area contributed by atoms with Crippen LogP contribution in [0.2, 0.25) is 0 Å². The predicted molar refractivity (Wildman–Crippen MR) is 75.8 cm³/mol. The summed E-state index contributed by atoms with van der Waals surface area (Å²) >= 11 is 0. The van der Waals surface area contributed by atoms with Gasteiger partial charge < -0.3 is 0 Å². The van der Waals surface area contributed by atoms with Crippen LogP contribution in [-0.4, -0.2) is 15.4 Å². The van der Waals surface area contributed by atoms with Crippen molar-refractivity contribution in [2.75, 3.05) is 0 Å². The lowest BCUT2D eigenvalue weighted by atomic mass is 9.94. The zero-order valence-corrected chi connectivity index (χ0v) is 10.7. The Kier molecular flexibility index (Phi) is 3.11. The van der Waals surface area contributed by atoms with Gasteiger partial charge in [0, 0.05) is 11.5 Å². The number of aromatic amines is 1. The molecule has 1 aromatic heterocycles. The standard InChI is InChI=1S/C16H15N3/c1-12(13-8-4-2-5-9-13)15-16(18-19-17-15)14-10-6-3-7-11-14/h2-12H,1H3,(H,17,18,19).